The first-order chi connectivity index (χ1) is 14.1. The molecule has 29 heavy (non-hydrogen) atoms. The van der Waals surface area contributed by atoms with Gasteiger partial charge in [0.1, 0.15) is 0 Å². The van der Waals surface area contributed by atoms with Gasteiger partial charge < -0.3 is 10.2 Å². The number of carbonyl (C=O) groups is 2. The lowest BCUT2D eigenvalue weighted by atomic mass is 10.1. The molecule has 1 N–H and O–H groups in total. The molecule has 1 aliphatic heterocycles. The molecule has 0 saturated carbocycles. The van der Waals surface area contributed by atoms with Crippen LogP contribution in [0.25, 0.3) is 0 Å². The van der Waals surface area contributed by atoms with Crippen LogP contribution in [0.15, 0.2) is 54.0 Å². The van der Waals surface area contributed by atoms with Crippen molar-refractivity contribution in [2.24, 2.45) is 0 Å². The lowest BCUT2D eigenvalue weighted by Crippen LogP contribution is -2.42. The number of nitriles is 1. The van der Waals surface area contributed by atoms with Crippen molar-refractivity contribution < 1.29 is 9.59 Å². The summed E-state index contributed by atoms with van der Waals surface area (Å²) in [5.74, 6) is -0.232. The summed E-state index contributed by atoms with van der Waals surface area (Å²) in [6.45, 7) is 1.30. The first kappa shape index (κ1) is 18.9. The predicted octanol–water partition coefficient (Wildman–Crippen LogP) is 2.72. The minimum Gasteiger partial charge on any atom is -0.351 e. The van der Waals surface area contributed by atoms with E-state index in [9.17, 15) is 9.59 Å². The van der Waals surface area contributed by atoms with Crippen LogP contribution in [-0.2, 0) is 17.9 Å². The molecule has 7 nitrogen and oxygen atoms in total. The Morgan fingerprint density at radius 2 is 2.17 bits per heavy atom. The van der Waals surface area contributed by atoms with Gasteiger partial charge in [-0.1, -0.05) is 12.1 Å². The van der Waals surface area contributed by atoms with Gasteiger partial charge in [0, 0.05) is 23.2 Å². The Labute approximate surface area is 172 Å². The molecule has 0 spiro atoms. The Bertz CT molecular complexity index is 1070. The summed E-state index contributed by atoms with van der Waals surface area (Å²) in [6.07, 6.45) is 1.93. The average molecular weight is 405 g/mol. The van der Waals surface area contributed by atoms with Crippen molar-refractivity contribution in [3.63, 3.8) is 0 Å². The van der Waals surface area contributed by atoms with E-state index < -0.39 is 0 Å². The van der Waals surface area contributed by atoms with Gasteiger partial charge in [0.05, 0.1) is 42.9 Å². The number of nitrogens with zero attached hydrogens (tertiary/aromatic N) is 4. The molecule has 1 atom stereocenters. The molecule has 3 aromatic rings. The molecular formula is C21H19N5O2S. The van der Waals surface area contributed by atoms with E-state index in [4.69, 9.17) is 5.26 Å². The van der Waals surface area contributed by atoms with E-state index in [0.29, 0.717) is 30.8 Å². The highest BCUT2D eigenvalue weighted by atomic mass is 32.1. The second-order valence-electron chi connectivity index (χ2n) is 6.86. The molecule has 1 aromatic carbocycles. The predicted molar refractivity (Wildman–Crippen MR) is 108 cm³/mol. The number of thiophene rings is 1. The van der Waals surface area contributed by atoms with Crippen LogP contribution in [0.3, 0.4) is 0 Å². The number of fused-ring (bicyclic) bond motifs is 1. The topological polar surface area (TPSA) is 91.0 Å². The summed E-state index contributed by atoms with van der Waals surface area (Å²) in [6, 6.07) is 14.3. The van der Waals surface area contributed by atoms with Crippen LogP contribution in [0.2, 0.25) is 0 Å². The SMILES string of the molecule is N#Cc1cccc(C(=O)N2Cc3ccnn3C(CC(=O)NCc3cccs3)C2)c1. The molecule has 2 aromatic heterocycles. The Balaban J connectivity index is 1.47. The van der Waals surface area contributed by atoms with Gasteiger partial charge in [0.15, 0.2) is 0 Å². The molecule has 0 saturated heterocycles. The number of amides is 2. The minimum atomic E-state index is -0.236. The average Bonchev–Trinajstić information content (AvgIpc) is 3.43. The highest BCUT2D eigenvalue weighted by Crippen LogP contribution is 2.24. The van der Waals surface area contributed by atoms with Crippen molar-refractivity contribution in [1.29, 1.82) is 5.26 Å². The van der Waals surface area contributed by atoms with E-state index in [1.165, 1.54) is 0 Å². The number of rotatable bonds is 5. The zero-order chi connectivity index (χ0) is 20.2. The van der Waals surface area contributed by atoms with Crippen LogP contribution >= 0.6 is 11.3 Å². The first-order valence-electron chi connectivity index (χ1n) is 9.25. The van der Waals surface area contributed by atoms with Gasteiger partial charge in [0.2, 0.25) is 5.91 Å². The fraction of sp³-hybridized carbons (Fsp3) is 0.238. The molecule has 2 amide bonds. The van der Waals surface area contributed by atoms with E-state index in [2.05, 4.69) is 16.5 Å². The maximum Gasteiger partial charge on any atom is 0.254 e. The molecule has 146 valence electrons. The van der Waals surface area contributed by atoms with E-state index >= 15 is 0 Å². The number of hydrogen-bond acceptors (Lipinski definition) is 5. The zero-order valence-electron chi connectivity index (χ0n) is 15.6. The highest BCUT2D eigenvalue weighted by Gasteiger charge is 2.30. The zero-order valence-corrected chi connectivity index (χ0v) is 16.4. The lowest BCUT2D eigenvalue weighted by molar-refractivity contribution is -0.122. The van der Waals surface area contributed by atoms with Gasteiger partial charge in [-0.25, -0.2) is 0 Å². The van der Waals surface area contributed by atoms with Crippen molar-refractivity contribution in [2.45, 2.75) is 25.6 Å². The molecule has 0 radical (unpaired) electrons. The number of nitrogens with one attached hydrogen (secondary N) is 1. The molecule has 4 rings (SSSR count). The van der Waals surface area contributed by atoms with E-state index in [-0.39, 0.29) is 24.3 Å². The Morgan fingerprint density at radius 1 is 1.28 bits per heavy atom. The van der Waals surface area contributed by atoms with Crippen LogP contribution in [0.1, 0.15) is 39.0 Å². The second kappa shape index (κ2) is 8.29. The minimum absolute atomic E-state index is 0.0781. The van der Waals surface area contributed by atoms with Gasteiger partial charge in [-0.05, 0) is 35.7 Å². The summed E-state index contributed by atoms with van der Waals surface area (Å²) >= 11 is 1.60. The molecular weight excluding hydrogens is 386 g/mol. The Hall–Kier alpha value is -3.44. The van der Waals surface area contributed by atoms with Gasteiger partial charge in [-0.3, -0.25) is 14.3 Å². The standard InChI is InChI=1S/C21H19N5O2S/c22-11-15-3-1-4-16(9-15)21(28)25-13-17-6-7-24-26(17)18(14-25)10-20(27)23-12-19-5-2-8-29-19/h1-9,18H,10,12-14H2,(H,23,27). The van der Waals surface area contributed by atoms with Crippen molar-refractivity contribution in [1.82, 2.24) is 20.0 Å². The summed E-state index contributed by atoms with van der Waals surface area (Å²) in [5, 5.41) is 18.4. The molecule has 0 fully saturated rings. The van der Waals surface area contributed by atoms with Crippen LogP contribution in [0.4, 0.5) is 0 Å². The van der Waals surface area contributed by atoms with E-state index in [0.717, 1.165) is 10.6 Å². The summed E-state index contributed by atoms with van der Waals surface area (Å²) in [7, 11) is 0. The van der Waals surface area contributed by atoms with E-state index in [1.54, 1.807) is 46.7 Å². The quantitative estimate of drug-likeness (QED) is 0.707. The molecule has 1 aliphatic rings. The largest absolute Gasteiger partial charge is 0.351 e. The Morgan fingerprint density at radius 3 is 2.97 bits per heavy atom. The summed E-state index contributed by atoms with van der Waals surface area (Å²) < 4.78 is 1.83. The maximum absolute atomic E-state index is 13.0. The number of hydrogen-bond donors (Lipinski definition) is 1. The van der Waals surface area contributed by atoms with Crippen molar-refractivity contribution >= 4 is 23.2 Å². The third-order valence-corrected chi connectivity index (χ3v) is 5.75. The maximum atomic E-state index is 13.0. The first-order valence-corrected chi connectivity index (χ1v) is 10.1. The third kappa shape index (κ3) is 4.20. The van der Waals surface area contributed by atoms with Gasteiger partial charge in [-0.15, -0.1) is 11.3 Å². The number of benzene rings is 1. The molecule has 3 heterocycles. The van der Waals surface area contributed by atoms with Gasteiger partial charge in [0.25, 0.3) is 5.91 Å². The van der Waals surface area contributed by atoms with Crippen LogP contribution in [0, 0.1) is 11.3 Å². The van der Waals surface area contributed by atoms with Gasteiger partial charge in [-0.2, -0.15) is 10.4 Å². The Kier molecular flexibility index (Phi) is 5.40. The fourth-order valence-electron chi connectivity index (χ4n) is 3.48. The van der Waals surface area contributed by atoms with Crippen LogP contribution in [-0.4, -0.2) is 33.0 Å². The van der Waals surface area contributed by atoms with E-state index in [1.807, 2.05) is 28.3 Å². The smallest absolute Gasteiger partial charge is 0.254 e. The number of carbonyl (C=O) groups excluding carboxylic acids is 2. The third-order valence-electron chi connectivity index (χ3n) is 4.87. The monoisotopic (exact) mass is 405 g/mol. The summed E-state index contributed by atoms with van der Waals surface area (Å²) in [5.41, 5.74) is 1.80. The van der Waals surface area contributed by atoms with Crippen molar-refractivity contribution in [3.8, 4) is 6.07 Å². The summed E-state index contributed by atoms with van der Waals surface area (Å²) in [4.78, 5) is 28.3. The van der Waals surface area contributed by atoms with Crippen LogP contribution < -0.4 is 5.32 Å². The van der Waals surface area contributed by atoms with Crippen molar-refractivity contribution in [2.75, 3.05) is 6.54 Å². The molecule has 0 aliphatic carbocycles. The van der Waals surface area contributed by atoms with Crippen LogP contribution in [0.5, 0.6) is 0 Å². The fourth-order valence-corrected chi connectivity index (χ4v) is 4.13. The van der Waals surface area contributed by atoms with Crippen molar-refractivity contribution in [3.05, 3.63) is 75.7 Å². The van der Waals surface area contributed by atoms with Gasteiger partial charge >= 0.3 is 0 Å². The number of aromatic nitrogens is 2. The molecule has 1 unspecified atom stereocenters. The lowest BCUT2D eigenvalue weighted by Gasteiger charge is -2.33. The molecule has 8 heteroatoms. The highest BCUT2D eigenvalue weighted by molar-refractivity contribution is 7.09. The second-order valence-corrected chi connectivity index (χ2v) is 7.89. The normalized spacial score (nSPS) is 15.4. The molecule has 0 bridgehead atoms.